The maximum absolute atomic E-state index is 11.3. The fraction of sp³-hybridized carbons (Fsp3) is 0.900. The molecule has 0 radical (unpaired) electrons. The van der Waals surface area contributed by atoms with Gasteiger partial charge in [-0.1, -0.05) is 13.3 Å². The lowest BCUT2D eigenvalue weighted by atomic mass is 10.2. The van der Waals surface area contributed by atoms with Gasteiger partial charge in [0.2, 0.25) is 5.91 Å². The first kappa shape index (κ1) is 13.7. The van der Waals surface area contributed by atoms with Crippen LogP contribution in [0.3, 0.4) is 0 Å². The van der Waals surface area contributed by atoms with Crippen LogP contribution >= 0.6 is 11.6 Å². The number of hydrogen-bond donors (Lipinski definition) is 1. The van der Waals surface area contributed by atoms with Crippen molar-refractivity contribution in [3.8, 4) is 0 Å². The molecule has 0 saturated heterocycles. The highest BCUT2D eigenvalue weighted by molar-refractivity contribution is 6.27. The van der Waals surface area contributed by atoms with E-state index < -0.39 is 0 Å². The summed E-state index contributed by atoms with van der Waals surface area (Å²) in [5.74, 6) is 0.0566. The number of alkyl halides is 1. The quantitative estimate of drug-likeness (QED) is 0.500. The Morgan fingerprint density at radius 3 is 2.43 bits per heavy atom. The first-order valence-electron chi connectivity index (χ1n) is 5.20. The fourth-order valence-electron chi connectivity index (χ4n) is 1.21. The molecule has 1 amide bonds. The Kier molecular flexibility index (Phi) is 9.10. The van der Waals surface area contributed by atoms with Gasteiger partial charge in [0, 0.05) is 19.7 Å². The molecule has 0 aliphatic rings. The van der Waals surface area contributed by atoms with Gasteiger partial charge >= 0.3 is 0 Å². The van der Waals surface area contributed by atoms with Crippen molar-refractivity contribution in [2.45, 2.75) is 32.6 Å². The molecular weight excluding hydrogens is 202 g/mol. The summed E-state index contributed by atoms with van der Waals surface area (Å²) in [4.78, 5) is 13.1. The van der Waals surface area contributed by atoms with Crippen LogP contribution in [0.4, 0.5) is 0 Å². The third-order valence-electron chi connectivity index (χ3n) is 2.08. The van der Waals surface area contributed by atoms with E-state index in [1.807, 2.05) is 0 Å². The number of hydrogen-bond acceptors (Lipinski definition) is 2. The lowest BCUT2D eigenvalue weighted by Gasteiger charge is -2.21. The summed E-state index contributed by atoms with van der Waals surface area (Å²) in [6, 6.07) is 0. The Hall–Kier alpha value is -0.280. The Balaban J connectivity index is 3.78. The first-order chi connectivity index (χ1) is 6.76. The van der Waals surface area contributed by atoms with Crippen LogP contribution < -0.4 is 0 Å². The first-order valence-corrected chi connectivity index (χ1v) is 5.74. The number of unbranched alkanes of at least 4 members (excludes halogenated alkanes) is 2. The van der Waals surface area contributed by atoms with Gasteiger partial charge in [0.25, 0.3) is 0 Å². The number of aliphatic hydroxyl groups excluding tert-OH is 1. The van der Waals surface area contributed by atoms with E-state index >= 15 is 0 Å². The third kappa shape index (κ3) is 6.22. The molecule has 0 heterocycles. The molecule has 0 bridgehead atoms. The number of carbonyl (C=O) groups is 1. The molecule has 0 atom stereocenters. The van der Waals surface area contributed by atoms with Gasteiger partial charge in [-0.25, -0.2) is 0 Å². The molecule has 0 aromatic heterocycles. The predicted octanol–water partition coefficient (Wildman–Crippen LogP) is 1.63. The van der Waals surface area contributed by atoms with E-state index in [0.29, 0.717) is 6.54 Å². The van der Waals surface area contributed by atoms with Crippen molar-refractivity contribution < 1.29 is 9.90 Å². The van der Waals surface area contributed by atoms with Crippen molar-refractivity contribution in [3.63, 3.8) is 0 Å². The third-order valence-corrected chi connectivity index (χ3v) is 2.31. The highest BCUT2D eigenvalue weighted by Crippen LogP contribution is 2.00. The minimum absolute atomic E-state index is 0.00180. The van der Waals surface area contributed by atoms with Gasteiger partial charge < -0.3 is 10.0 Å². The van der Waals surface area contributed by atoms with E-state index in [2.05, 4.69) is 6.92 Å². The maximum atomic E-state index is 11.3. The predicted molar refractivity (Wildman–Crippen MR) is 58.5 cm³/mol. The van der Waals surface area contributed by atoms with Crippen molar-refractivity contribution in [3.05, 3.63) is 0 Å². The standard InChI is InChI=1S/C10H20ClNO2/c1-2-3-6-12(10(14)9-11)7-4-5-8-13/h13H,2-9H2,1H3. The number of carbonyl (C=O) groups excluding carboxylic acids is 1. The van der Waals surface area contributed by atoms with Gasteiger partial charge in [0.05, 0.1) is 0 Å². The smallest absolute Gasteiger partial charge is 0.237 e. The zero-order chi connectivity index (χ0) is 10.8. The molecule has 3 nitrogen and oxygen atoms in total. The Morgan fingerprint density at radius 1 is 1.29 bits per heavy atom. The van der Waals surface area contributed by atoms with Crippen LogP contribution in [0.1, 0.15) is 32.6 Å². The molecule has 0 aliphatic heterocycles. The lowest BCUT2D eigenvalue weighted by molar-refractivity contribution is -0.128. The van der Waals surface area contributed by atoms with Crippen LogP contribution in [0.15, 0.2) is 0 Å². The number of amides is 1. The van der Waals surface area contributed by atoms with Gasteiger partial charge in [-0.15, -0.1) is 11.6 Å². The van der Waals surface area contributed by atoms with E-state index in [-0.39, 0.29) is 18.4 Å². The van der Waals surface area contributed by atoms with Crippen molar-refractivity contribution >= 4 is 17.5 Å². The zero-order valence-corrected chi connectivity index (χ0v) is 9.59. The molecule has 84 valence electrons. The number of aliphatic hydroxyl groups is 1. The molecule has 0 unspecified atom stereocenters. The monoisotopic (exact) mass is 221 g/mol. The molecule has 0 rings (SSSR count). The molecule has 0 aromatic rings. The minimum Gasteiger partial charge on any atom is -0.396 e. The van der Waals surface area contributed by atoms with E-state index in [9.17, 15) is 4.79 Å². The van der Waals surface area contributed by atoms with Crippen LogP contribution in [0.25, 0.3) is 0 Å². The molecular formula is C10H20ClNO2. The topological polar surface area (TPSA) is 40.5 Å². The Bertz CT molecular complexity index is 153. The SMILES string of the molecule is CCCCN(CCCCO)C(=O)CCl. The minimum atomic E-state index is -0.00180. The van der Waals surface area contributed by atoms with Crippen LogP contribution in [0.2, 0.25) is 0 Å². The van der Waals surface area contributed by atoms with Crippen molar-refractivity contribution in [2.75, 3.05) is 25.6 Å². The highest BCUT2D eigenvalue weighted by Gasteiger charge is 2.10. The second-order valence-corrected chi connectivity index (χ2v) is 3.57. The van der Waals surface area contributed by atoms with Gasteiger partial charge in [-0.2, -0.15) is 0 Å². The summed E-state index contributed by atoms with van der Waals surface area (Å²) in [7, 11) is 0. The van der Waals surface area contributed by atoms with Crippen molar-refractivity contribution in [2.24, 2.45) is 0 Å². The van der Waals surface area contributed by atoms with E-state index in [4.69, 9.17) is 16.7 Å². The molecule has 0 spiro atoms. The second-order valence-electron chi connectivity index (χ2n) is 3.30. The summed E-state index contributed by atoms with van der Waals surface area (Å²) in [5.41, 5.74) is 0. The molecule has 14 heavy (non-hydrogen) atoms. The lowest BCUT2D eigenvalue weighted by Crippen LogP contribution is -2.33. The van der Waals surface area contributed by atoms with E-state index in [1.54, 1.807) is 4.90 Å². The van der Waals surface area contributed by atoms with Crippen LogP contribution in [0.5, 0.6) is 0 Å². The highest BCUT2D eigenvalue weighted by atomic mass is 35.5. The second kappa shape index (κ2) is 9.28. The summed E-state index contributed by atoms with van der Waals surface area (Å²) in [5, 5.41) is 8.62. The van der Waals surface area contributed by atoms with Crippen LogP contribution in [-0.2, 0) is 4.79 Å². The molecule has 1 N–H and O–H groups in total. The Labute approximate surface area is 91.0 Å². The number of rotatable bonds is 8. The summed E-state index contributed by atoms with van der Waals surface area (Å²) < 4.78 is 0. The molecule has 4 heteroatoms. The average Bonchev–Trinajstić information content (AvgIpc) is 2.22. The number of halogens is 1. The molecule has 0 aromatic carbocycles. The molecule has 0 aliphatic carbocycles. The van der Waals surface area contributed by atoms with E-state index in [0.717, 1.165) is 32.2 Å². The van der Waals surface area contributed by atoms with Crippen molar-refractivity contribution in [1.29, 1.82) is 0 Å². The normalized spacial score (nSPS) is 10.2. The summed E-state index contributed by atoms with van der Waals surface area (Å²) >= 11 is 5.50. The largest absolute Gasteiger partial charge is 0.396 e. The Morgan fingerprint density at radius 2 is 1.93 bits per heavy atom. The van der Waals surface area contributed by atoms with Gasteiger partial charge in [0.1, 0.15) is 5.88 Å². The molecule has 0 fully saturated rings. The van der Waals surface area contributed by atoms with Gasteiger partial charge in [-0.05, 0) is 19.3 Å². The molecule has 0 saturated carbocycles. The van der Waals surface area contributed by atoms with Crippen LogP contribution in [-0.4, -0.2) is 41.5 Å². The van der Waals surface area contributed by atoms with Crippen molar-refractivity contribution in [1.82, 2.24) is 4.90 Å². The van der Waals surface area contributed by atoms with Gasteiger partial charge in [-0.3, -0.25) is 4.79 Å². The summed E-state index contributed by atoms with van der Waals surface area (Å²) in [6.45, 7) is 3.79. The fourth-order valence-corrected chi connectivity index (χ4v) is 1.38. The van der Waals surface area contributed by atoms with Crippen LogP contribution in [0, 0.1) is 0 Å². The maximum Gasteiger partial charge on any atom is 0.237 e. The van der Waals surface area contributed by atoms with Gasteiger partial charge in [0.15, 0.2) is 0 Å². The van der Waals surface area contributed by atoms with E-state index in [1.165, 1.54) is 0 Å². The number of nitrogens with zero attached hydrogens (tertiary/aromatic N) is 1. The zero-order valence-electron chi connectivity index (χ0n) is 8.84. The summed E-state index contributed by atoms with van der Waals surface area (Å²) in [6.07, 6.45) is 3.69. The average molecular weight is 222 g/mol.